The van der Waals surface area contributed by atoms with Crippen LogP contribution in [-0.4, -0.2) is 50.0 Å². The molecule has 28 heavy (non-hydrogen) atoms. The smallest absolute Gasteiger partial charge is 0.294 e. The average Bonchev–Trinajstić information content (AvgIpc) is 2.57. The first kappa shape index (κ1) is 22.5. The van der Waals surface area contributed by atoms with Crippen molar-refractivity contribution in [3.63, 3.8) is 0 Å². The Bertz CT molecular complexity index is 1030. The summed E-state index contributed by atoms with van der Waals surface area (Å²) in [5.74, 6) is 0. The lowest BCUT2D eigenvalue weighted by Gasteiger charge is -2.24. The zero-order valence-electron chi connectivity index (χ0n) is 16.0. The van der Waals surface area contributed by atoms with E-state index in [0.29, 0.717) is 5.56 Å². The molecule has 0 bridgehead atoms. The second kappa shape index (κ2) is 8.71. The summed E-state index contributed by atoms with van der Waals surface area (Å²) in [6.45, 7) is 4.91. The van der Waals surface area contributed by atoms with Crippen LogP contribution in [0, 0.1) is 13.8 Å². The quantitative estimate of drug-likeness (QED) is 0.625. The Hall–Kier alpha value is -1.78. The van der Waals surface area contributed by atoms with Gasteiger partial charge in [0.15, 0.2) is 0 Å². The van der Waals surface area contributed by atoms with Crippen molar-refractivity contribution in [2.45, 2.75) is 43.1 Å². The van der Waals surface area contributed by atoms with Gasteiger partial charge in [-0.05, 0) is 51.0 Å². The predicted molar refractivity (Wildman–Crippen MR) is 106 cm³/mol. The van der Waals surface area contributed by atoms with Gasteiger partial charge in [0.2, 0.25) is 10.0 Å². The van der Waals surface area contributed by atoms with Gasteiger partial charge in [0.1, 0.15) is 0 Å². The van der Waals surface area contributed by atoms with Crippen LogP contribution < -0.4 is 0 Å². The standard InChI is InChI=1S/C19H25NO6S2/c1-14-4-7-18(8-5-14)27(22,23)20(13-16(3)21)11-10-17-12-15(2)6-9-19(17)28(24,25)26/h4-9,12,16,21H,10-11,13H2,1-3H3,(H,24,25,26)/t16-/m1/s1. The van der Waals surface area contributed by atoms with E-state index >= 15 is 0 Å². The summed E-state index contributed by atoms with van der Waals surface area (Å²) in [7, 11) is -8.31. The first-order chi connectivity index (χ1) is 12.9. The molecule has 2 aromatic carbocycles. The molecule has 0 heterocycles. The molecular weight excluding hydrogens is 402 g/mol. The van der Waals surface area contributed by atoms with Crippen LogP contribution in [0.5, 0.6) is 0 Å². The molecular formula is C19H25NO6S2. The van der Waals surface area contributed by atoms with Gasteiger partial charge >= 0.3 is 0 Å². The number of rotatable bonds is 8. The molecule has 2 rings (SSSR count). The predicted octanol–water partition coefficient (Wildman–Crippen LogP) is 2.16. The van der Waals surface area contributed by atoms with Crippen LogP contribution in [0.3, 0.4) is 0 Å². The van der Waals surface area contributed by atoms with Gasteiger partial charge in [-0.15, -0.1) is 0 Å². The summed E-state index contributed by atoms with van der Waals surface area (Å²) in [6, 6.07) is 10.8. The number of sulfonamides is 1. The number of hydrogen-bond donors (Lipinski definition) is 2. The Morgan fingerprint density at radius 2 is 1.54 bits per heavy atom. The van der Waals surface area contributed by atoms with Crippen molar-refractivity contribution in [3.8, 4) is 0 Å². The largest absolute Gasteiger partial charge is 0.392 e. The van der Waals surface area contributed by atoms with Crippen molar-refractivity contribution in [2.24, 2.45) is 0 Å². The van der Waals surface area contributed by atoms with E-state index < -0.39 is 26.2 Å². The molecule has 0 aliphatic heterocycles. The molecule has 0 saturated carbocycles. The highest BCUT2D eigenvalue weighted by Gasteiger charge is 2.26. The van der Waals surface area contributed by atoms with Gasteiger partial charge in [-0.25, -0.2) is 8.42 Å². The number of aryl methyl sites for hydroxylation is 2. The lowest BCUT2D eigenvalue weighted by molar-refractivity contribution is 0.163. The molecule has 0 aromatic heterocycles. The third kappa shape index (κ3) is 5.62. The number of aliphatic hydroxyl groups is 1. The maximum atomic E-state index is 13.0. The summed E-state index contributed by atoms with van der Waals surface area (Å²) in [6.07, 6.45) is -0.840. The van der Waals surface area contributed by atoms with Gasteiger partial charge in [0, 0.05) is 13.1 Å². The Kier molecular flexibility index (Phi) is 7.00. The van der Waals surface area contributed by atoms with Crippen LogP contribution in [0.4, 0.5) is 0 Å². The summed E-state index contributed by atoms with van der Waals surface area (Å²) >= 11 is 0. The highest BCUT2D eigenvalue weighted by Crippen LogP contribution is 2.21. The van der Waals surface area contributed by atoms with Gasteiger partial charge in [-0.3, -0.25) is 4.55 Å². The minimum absolute atomic E-state index is 0.0485. The van der Waals surface area contributed by atoms with Gasteiger partial charge < -0.3 is 5.11 Å². The molecule has 0 aliphatic rings. The molecule has 1 atom stereocenters. The molecule has 0 spiro atoms. The van der Waals surface area contributed by atoms with E-state index in [1.54, 1.807) is 31.2 Å². The van der Waals surface area contributed by atoms with E-state index in [0.717, 1.165) is 15.4 Å². The topological polar surface area (TPSA) is 112 Å². The lowest BCUT2D eigenvalue weighted by atomic mass is 10.1. The maximum Gasteiger partial charge on any atom is 0.294 e. The number of hydrogen-bond acceptors (Lipinski definition) is 5. The van der Waals surface area contributed by atoms with Gasteiger partial charge in [-0.1, -0.05) is 35.4 Å². The normalized spacial score (nSPS) is 13.6. The second-order valence-corrected chi connectivity index (χ2v) is 10.2. The molecule has 0 fully saturated rings. The Morgan fingerprint density at radius 1 is 0.964 bits per heavy atom. The molecule has 9 heteroatoms. The van der Waals surface area contributed by atoms with Crippen LogP contribution in [0.1, 0.15) is 23.6 Å². The fraction of sp³-hybridized carbons (Fsp3) is 0.368. The van der Waals surface area contributed by atoms with E-state index in [4.69, 9.17) is 0 Å². The van der Waals surface area contributed by atoms with Gasteiger partial charge in [0.25, 0.3) is 10.1 Å². The minimum Gasteiger partial charge on any atom is -0.392 e. The van der Waals surface area contributed by atoms with Crippen molar-refractivity contribution in [3.05, 3.63) is 59.2 Å². The SMILES string of the molecule is Cc1ccc(S(=O)(=O)N(CCc2cc(C)ccc2S(=O)(=O)O)C[C@@H](C)O)cc1. The van der Waals surface area contributed by atoms with E-state index in [2.05, 4.69) is 0 Å². The third-order valence-electron chi connectivity index (χ3n) is 4.25. The Labute approximate surface area is 166 Å². The van der Waals surface area contributed by atoms with Crippen LogP contribution in [-0.2, 0) is 26.6 Å². The van der Waals surface area contributed by atoms with Crippen molar-refractivity contribution in [1.82, 2.24) is 4.31 Å². The zero-order chi connectivity index (χ0) is 21.1. The summed E-state index contributed by atoms with van der Waals surface area (Å²) in [4.78, 5) is -0.152. The molecule has 7 nitrogen and oxygen atoms in total. The lowest BCUT2D eigenvalue weighted by Crippen LogP contribution is -2.38. The molecule has 0 aliphatic carbocycles. The fourth-order valence-electron chi connectivity index (χ4n) is 2.86. The fourth-order valence-corrected chi connectivity index (χ4v) is 5.12. The monoisotopic (exact) mass is 427 g/mol. The number of aliphatic hydroxyl groups excluding tert-OH is 1. The minimum atomic E-state index is -4.43. The molecule has 0 unspecified atom stereocenters. The maximum absolute atomic E-state index is 13.0. The van der Waals surface area contributed by atoms with Crippen LogP contribution in [0.2, 0.25) is 0 Å². The van der Waals surface area contributed by atoms with Gasteiger partial charge in [0.05, 0.1) is 15.9 Å². The van der Waals surface area contributed by atoms with Crippen LogP contribution >= 0.6 is 0 Å². The molecule has 0 radical (unpaired) electrons. The van der Waals surface area contributed by atoms with Crippen molar-refractivity contribution in [1.29, 1.82) is 0 Å². The average molecular weight is 428 g/mol. The summed E-state index contributed by atoms with van der Waals surface area (Å²) < 4.78 is 59.8. The molecule has 2 N–H and O–H groups in total. The van der Waals surface area contributed by atoms with Crippen LogP contribution in [0.25, 0.3) is 0 Å². The molecule has 0 saturated heterocycles. The Morgan fingerprint density at radius 3 is 2.07 bits per heavy atom. The first-order valence-corrected chi connectivity index (χ1v) is 11.6. The van der Waals surface area contributed by atoms with Gasteiger partial charge in [-0.2, -0.15) is 12.7 Å². The van der Waals surface area contributed by atoms with E-state index in [9.17, 15) is 26.5 Å². The Balaban J connectivity index is 2.36. The molecule has 154 valence electrons. The summed E-state index contributed by atoms with van der Waals surface area (Å²) in [5, 5.41) is 9.76. The van der Waals surface area contributed by atoms with E-state index in [1.807, 2.05) is 6.92 Å². The summed E-state index contributed by atoms with van der Waals surface area (Å²) in [5.41, 5.74) is 2.02. The van der Waals surface area contributed by atoms with Crippen molar-refractivity contribution >= 4 is 20.1 Å². The molecule has 0 amide bonds. The van der Waals surface area contributed by atoms with Crippen LogP contribution in [0.15, 0.2) is 52.3 Å². The second-order valence-electron chi connectivity index (χ2n) is 6.86. The number of nitrogens with zero attached hydrogens (tertiary/aromatic N) is 1. The number of benzene rings is 2. The highest BCUT2D eigenvalue weighted by molar-refractivity contribution is 7.89. The zero-order valence-corrected chi connectivity index (χ0v) is 17.7. The molecule has 2 aromatic rings. The van der Waals surface area contributed by atoms with Crippen molar-refractivity contribution in [2.75, 3.05) is 13.1 Å². The first-order valence-electron chi connectivity index (χ1n) is 8.73. The highest BCUT2D eigenvalue weighted by atomic mass is 32.2. The van der Waals surface area contributed by atoms with E-state index in [1.165, 1.54) is 25.1 Å². The third-order valence-corrected chi connectivity index (χ3v) is 7.08. The van der Waals surface area contributed by atoms with E-state index in [-0.39, 0.29) is 29.3 Å². The van der Waals surface area contributed by atoms with Crippen molar-refractivity contribution < 1.29 is 26.5 Å².